The summed E-state index contributed by atoms with van der Waals surface area (Å²) < 4.78 is 2.33. The van der Waals surface area contributed by atoms with E-state index in [9.17, 15) is 4.79 Å². The standard InChI is InChI=1S/C21H23N3O2/c1-15-22-19-6-2-3-7-20(19)24(15)14-18-5-4-12-23(18)13-16-8-10-17(11-9-16)21(25)26/h2-3,6-11,18H,4-5,12-14H2,1H3,(H,25,26). The van der Waals surface area contributed by atoms with E-state index in [0.29, 0.717) is 11.6 Å². The highest BCUT2D eigenvalue weighted by atomic mass is 16.4. The average molecular weight is 349 g/mol. The molecule has 5 heteroatoms. The molecule has 1 N–H and O–H groups in total. The Bertz CT molecular complexity index is 930. The molecule has 1 aliphatic rings. The third-order valence-corrected chi connectivity index (χ3v) is 5.32. The summed E-state index contributed by atoms with van der Waals surface area (Å²) in [4.78, 5) is 18.2. The Morgan fingerprint density at radius 1 is 1.19 bits per heavy atom. The van der Waals surface area contributed by atoms with E-state index in [2.05, 4.69) is 39.6 Å². The molecule has 134 valence electrons. The van der Waals surface area contributed by atoms with Gasteiger partial charge in [-0.1, -0.05) is 24.3 Å². The lowest BCUT2D eigenvalue weighted by Gasteiger charge is -2.25. The van der Waals surface area contributed by atoms with Crippen LogP contribution in [0.15, 0.2) is 48.5 Å². The van der Waals surface area contributed by atoms with Gasteiger partial charge in [-0.15, -0.1) is 0 Å². The van der Waals surface area contributed by atoms with Gasteiger partial charge in [0.15, 0.2) is 0 Å². The fourth-order valence-corrected chi connectivity index (χ4v) is 3.93. The number of carbonyl (C=O) groups is 1. The molecule has 1 unspecified atom stereocenters. The Balaban J connectivity index is 1.51. The van der Waals surface area contributed by atoms with Crippen molar-refractivity contribution in [2.45, 2.75) is 38.9 Å². The monoisotopic (exact) mass is 349 g/mol. The zero-order valence-corrected chi connectivity index (χ0v) is 14.9. The van der Waals surface area contributed by atoms with Crippen molar-refractivity contribution in [1.82, 2.24) is 14.5 Å². The lowest BCUT2D eigenvalue weighted by Crippen LogP contribution is -2.32. The molecule has 0 aliphatic carbocycles. The van der Waals surface area contributed by atoms with Crippen molar-refractivity contribution in [3.63, 3.8) is 0 Å². The normalized spacial score (nSPS) is 17.8. The van der Waals surface area contributed by atoms with Crippen LogP contribution in [0.3, 0.4) is 0 Å². The van der Waals surface area contributed by atoms with Gasteiger partial charge in [0, 0.05) is 19.1 Å². The second kappa shape index (κ2) is 6.92. The number of nitrogens with zero attached hydrogens (tertiary/aromatic N) is 3. The molecule has 0 bridgehead atoms. The van der Waals surface area contributed by atoms with Crippen molar-refractivity contribution < 1.29 is 9.90 Å². The predicted octanol–water partition coefficient (Wildman–Crippen LogP) is 3.71. The zero-order valence-electron chi connectivity index (χ0n) is 14.9. The van der Waals surface area contributed by atoms with Crippen molar-refractivity contribution in [3.8, 4) is 0 Å². The number of rotatable bonds is 5. The number of imidazole rings is 1. The number of hydrogen-bond acceptors (Lipinski definition) is 3. The Morgan fingerprint density at radius 3 is 2.73 bits per heavy atom. The zero-order chi connectivity index (χ0) is 18.1. The molecule has 0 amide bonds. The van der Waals surface area contributed by atoms with E-state index in [-0.39, 0.29) is 0 Å². The molecule has 1 saturated heterocycles. The number of para-hydroxylation sites is 2. The smallest absolute Gasteiger partial charge is 0.335 e. The Labute approximate surface area is 152 Å². The van der Waals surface area contributed by atoms with Crippen LogP contribution in [-0.2, 0) is 13.1 Å². The van der Waals surface area contributed by atoms with Gasteiger partial charge in [-0.25, -0.2) is 9.78 Å². The molecular formula is C21H23N3O2. The molecule has 0 radical (unpaired) electrons. The minimum Gasteiger partial charge on any atom is -0.478 e. The molecule has 1 atom stereocenters. The summed E-state index contributed by atoms with van der Waals surface area (Å²) in [5.74, 6) is 0.182. The summed E-state index contributed by atoms with van der Waals surface area (Å²) in [5.41, 5.74) is 3.75. The maximum atomic E-state index is 11.0. The van der Waals surface area contributed by atoms with Crippen molar-refractivity contribution in [2.24, 2.45) is 0 Å². The second-order valence-corrected chi connectivity index (χ2v) is 7.03. The van der Waals surface area contributed by atoms with E-state index < -0.39 is 5.97 Å². The number of likely N-dealkylation sites (tertiary alicyclic amines) is 1. The first kappa shape index (κ1) is 16.8. The molecular weight excluding hydrogens is 326 g/mol. The fraction of sp³-hybridized carbons (Fsp3) is 0.333. The highest BCUT2D eigenvalue weighted by Gasteiger charge is 2.26. The summed E-state index contributed by atoms with van der Waals surface area (Å²) in [7, 11) is 0. The topological polar surface area (TPSA) is 58.4 Å². The van der Waals surface area contributed by atoms with Crippen molar-refractivity contribution in [2.75, 3.05) is 6.54 Å². The van der Waals surface area contributed by atoms with Crippen molar-refractivity contribution in [3.05, 3.63) is 65.5 Å². The molecule has 4 rings (SSSR count). The van der Waals surface area contributed by atoms with E-state index in [1.165, 1.54) is 18.4 Å². The van der Waals surface area contributed by atoms with Gasteiger partial charge in [0.05, 0.1) is 16.6 Å². The number of fused-ring (bicyclic) bond motifs is 1. The number of aromatic nitrogens is 2. The Hall–Kier alpha value is -2.66. The van der Waals surface area contributed by atoms with Gasteiger partial charge >= 0.3 is 5.97 Å². The second-order valence-electron chi connectivity index (χ2n) is 7.03. The molecule has 1 aromatic heterocycles. The summed E-state index contributed by atoms with van der Waals surface area (Å²) in [6.07, 6.45) is 2.38. The van der Waals surface area contributed by atoms with Gasteiger partial charge in [0.25, 0.3) is 0 Å². The summed E-state index contributed by atoms with van der Waals surface area (Å²) in [6.45, 7) is 4.96. The molecule has 5 nitrogen and oxygen atoms in total. The molecule has 1 fully saturated rings. The van der Waals surface area contributed by atoms with Gasteiger partial charge in [-0.3, -0.25) is 4.90 Å². The van der Waals surface area contributed by atoms with Crippen molar-refractivity contribution >= 4 is 17.0 Å². The average Bonchev–Trinajstić information content (AvgIpc) is 3.20. The predicted molar refractivity (Wildman–Crippen MR) is 101 cm³/mol. The largest absolute Gasteiger partial charge is 0.478 e. The van der Waals surface area contributed by atoms with E-state index in [0.717, 1.165) is 36.5 Å². The fourth-order valence-electron chi connectivity index (χ4n) is 3.93. The quantitative estimate of drug-likeness (QED) is 0.763. The van der Waals surface area contributed by atoms with Crippen LogP contribution in [-0.4, -0.2) is 38.1 Å². The lowest BCUT2D eigenvalue weighted by molar-refractivity contribution is 0.0697. The van der Waals surface area contributed by atoms with Gasteiger partial charge in [-0.2, -0.15) is 0 Å². The SMILES string of the molecule is Cc1nc2ccccc2n1CC1CCCN1Cc1ccc(C(=O)O)cc1. The first-order chi connectivity index (χ1) is 12.6. The van der Waals surface area contributed by atoms with Gasteiger partial charge in [-0.05, 0) is 56.1 Å². The molecule has 2 aromatic carbocycles. The highest BCUT2D eigenvalue weighted by Crippen LogP contribution is 2.24. The van der Waals surface area contributed by atoms with Crippen LogP contribution < -0.4 is 0 Å². The van der Waals surface area contributed by atoms with Crippen LogP contribution in [0.5, 0.6) is 0 Å². The van der Waals surface area contributed by atoms with Crippen molar-refractivity contribution in [1.29, 1.82) is 0 Å². The number of hydrogen-bond donors (Lipinski definition) is 1. The van der Waals surface area contributed by atoms with E-state index in [1.54, 1.807) is 12.1 Å². The summed E-state index contributed by atoms with van der Waals surface area (Å²) in [5, 5.41) is 9.04. The number of benzene rings is 2. The number of aryl methyl sites for hydroxylation is 1. The minimum atomic E-state index is -0.877. The number of carboxylic acids is 1. The van der Waals surface area contributed by atoms with Gasteiger partial charge in [0.1, 0.15) is 5.82 Å². The first-order valence-corrected chi connectivity index (χ1v) is 9.10. The van der Waals surface area contributed by atoms with Crippen LogP contribution in [0.25, 0.3) is 11.0 Å². The summed E-state index contributed by atoms with van der Waals surface area (Å²) in [6, 6.07) is 16.0. The Morgan fingerprint density at radius 2 is 1.96 bits per heavy atom. The van der Waals surface area contributed by atoms with Gasteiger partial charge in [0.2, 0.25) is 0 Å². The first-order valence-electron chi connectivity index (χ1n) is 9.10. The molecule has 1 aliphatic heterocycles. The maximum Gasteiger partial charge on any atom is 0.335 e. The number of carboxylic acid groups (broad SMARTS) is 1. The minimum absolute atomic E-state index is 0.340. The van der Waals surface area contributed by atoms with Crippen LogP contribution in [0.1, 0.15) is 34.6 Å². The Kier molecular flexibility index (Phi) is 4.47. The molecule has 3 aromatic rings. The van der Waals surface area contributed by atoms with Crippen LogP contribution >= 0.6 is 0 Å². The summed E-state index contributed by atoms with van der Waals surface area (Å²) >= 11 is 0. The molecule has 26 heavy (non-hydrogen) atoms. The van der Waals surface area contributed by atoms with E-state index >= 15 is 0 Å². The van der Waals surface area contributed by atoms with Gasteiger partial charge < -0.3 is 9.67 Å². The molecule has 0 spiro atoms. The molecule has 0 saturated carbocycles. The van der Waals surface area contributed by atoms with E-state index in [4.69, 9.17) is 5.11 Å². The lowest BCUT2D eigenvalue weighted by atomic mass is 10.1. The van der Waals surface area contributed by atoms with Crippen LogP contribution in [0, 0.1) is 6.92 Å². The highest BCUT2D eigenvalue weighted by molar-refractivity contribution is 5.87. The van der Waals surface area contributed by atoms with Crippen LogP contribution in [0.4, 0.5) is 0 Å². The third kappa shape index (κ3) is 3.22. The molecule has 2 heterocycles. The third-order valence-electron chi connectivity index (χ3n) is 5.32. The maximum absolute atomic E-state index is 11.0. The van der Waals surface area contributed by atoms with Crippen LogP contribution in [0.2, 0.25) is 0 Å². The van der Waals surface area contributed by atoms with E-state index in [1.807, 2.05) is 18.2 Å². The number of aromatic carboxylic acids is 1.